The Morgan fingerprint density at radius 1 is 1.29 bits per heavy atom. The van der Waals surface area contributed by atoms with Crippen molar-refractivity contribution in [1.29, 1.82) is 0 Å². The number of alkyl halides is 3. The van der Waals surface area contributed by atoms with Gasteiger partial charge in [0.1, 0.15) is 5.75 Å². The third kappa shape index (κ3) is 4.27. The zero-order chi connectivity index (χ0) is 17.9. The molecule has 0 atom stereocenters. The van der Waals surface area contributed by atoms with E-state index in [1.54, 1.807) is 0 Å². The lowest BCUT2D eigenvalue weighted by Gasteiger charge is -2.11. The van der Waals surface area contributed by atoms with E-state index in [2.05, 4.69) is 21.0 Å². The van der Waals surface area contributed by atoms with Crippen molar-refractivity contribution in [2.75, 3.05) is 0 Å². The van der Waals surface area contributed by atoms with Crippen molar-refractivity contribution in [3.05, 3.63) is 62.6 Å². The number of amides is 1. The number of benzene rings is 2. The van der Waals surface area contributed by atoms with E-state index in [1.165, 1.54) is 24.3 Å². The molecule has 2 rings (SSSR count). The quantitative estimate of drug-likeness (QED) is 0.562. The van der Waals surface area contributed by atoms with Crippen molar-refractivity contribution in [3.8, 4) is 5.75 Å². The largest absolute Gasteiger partial charge is 0.506 e. The highest BCUT2D eigenvalue weighted by molar-refractivity contribution is 9.10. The highest BCUT2D eigenvalue weighted by atomic mass is 79.9. The van der Waals surface area contributed by atoms with Crippen LogP contribution in [0.5, 0.6) is 5.75 Å². The molecule has 0 bridgehead atoms. The Morgan fingerprint density at radius 2 is 1.96 bits per heavy atom. The fourth-order valence-corrected chi connectivity index (χ4v) is 2.67. The second kappa shape index (κ2) is 7.23. The summed E-state index contributed by atoms with van der Waals surface area (Å²) in [6.07, 6.45) is -3.59. The molecule has 0 aliphatic carbocycles. The van der Waals surface area contributed by atoms with Crippen molar-refractivity contribution in [2.45, 2.75) is 6.18 Å². The Morgan fingerprint density at radius 3 is 2.62 bits per heavy atom. The van der Waals surface area contributed by atoms with Gasteiger partial charge in [-0.1, -0.05) is 23.7 Å². The van der Waals surface area contributed by atoms with Gasteiger partial charge in [0.25, 0.3) is 5.91 Å². The molecule has 0 aliphatic heterocycles. The third-order valence-electron chi connectivity index (χ3n) is 2.90. The van der Waals surface area contributed by atoms with Gasteiger partial charge in [0.15, 0.2) is 0 Å². The Hall–Kier alpha value is -2.06. The number of phenols is 1. The molecular weight excluding hydrogens is 413 g/mol. The van der Waals surface area contributed by atoms with E-state index in [9.17, 15) is 23.1 Å². The van der Waals surface area contributed by atoms with Crippen molar-refractivity contribution in [3.63, 3.8) is 0 Å². The van der Waals surface area contributed by atoms with E-state index in [0.717, 1.165) is 18.3 Å². The number of nitrogens with one attached hydrogen (secondary N) is 1. The number of aromatic hydroxyl groups is 1. The highest BCUT2D eigenvalue weighted by Gasteiger charge is 2.34. The first-order chi connectivity index (χ1) is 11.2. The van der Waals surface area contributed by atoms with Crippen LogP contribution in [0.25, 0.3) is 0 Å². The molecule has 2 N–H and O–H groups in total. The number of carbonyl (C=O) groups excluding carboxylic acids is 1. The highest BCUT2D eigenvalue weighted by Crippen LogP contribution is 2.32. The number of nitrogens with zero attached hydrogens (tertiary/aromatic N) is 1. The van der Waals surface area contributed by atoms with Crippen molar-refractivity contribution >= 4 is 39.7 Å². The monoisotopic (exact) mass is 420 g/mol. The normalized spacial score (nSPS) is 11.7. The fourth-order valence-electron chi connectivity index (χ4n) is 1.83. The summed E-state index contributed by atoms with van der Waals surface area (Å²) in [5.74, 6) is -1.20. The van der Waals surface area contributed by atoms with Gasteiger partial charge in [0.05, 0.1) is 21.8 Å². The second-order valence-electron chi connectivity index (χ2n) is 4.57. The van der Waals surface area contributed by atoms with Crippen LogP contribution in [0.1, 0.15) is 21.5 Å². The number of carbonyl (C=O) groups is 1. The second-order valence-corrected chi connectivity index (χ2v) is 5.86. The van der Waals surface area contributed by atoms with E-state index in [4.69, 9.17) is 11.6 Å². The SMILES string of the molecule is O=C(N/N=C/c1cc(Cl)cc(Br)c1O)c1ccccc1C(F)(F)F. The summed E-state index contributed by atoms with van der Waals surface area (Å²) in [4.78, 5) is 11.9. The van der Waals surface area contributed by atoms with E-state index < -0.39 is 23.2 Å². The molecular formula is C15H9BrClF3N2O2. The summed E-state index contributed by atoms with van der Waals surface area (Å²) in [6.45, 7) is 0. The number of rotatable bonds is 3. The van der Waals surface area contributed by atoms with Crippen LogP contribution in [-0.2, 0) is 6.18 Å². The first-order valence-corrected chi connectivity index (χ1v) is 7.55. The minimum Gasteiger partial charge on any atom is -0.506 e. The van der Waals surface area contributed by atoms with Gasteiger partial charge in [-0.05, 0) is 40.2 Å². The van der Waals surface area contributed by atoms with Gasteiger partial charge >= 0.3 is 6.18 Å². The van der Waals surface area contributed by atoms with Gasteiger partial charge < -0.3 is 5.11 Å². The summed E-state index contributed by atoms with van der Waals surface area (Å²) >= 11 is 8.89. The first-order valence-electron chi connectivity index (χ1n) is 6.38. The summed E-state index contributed by atoms with van der Waals surface area (Å²) in [5, 5.41) is 13.7. The van der Waals surface area contributed by atoms with E-state index in [-0.39, 0.29) is 11.3 Å². The van der Waals surface area contributed by atoms with Crippen molar-refractivity contribution in [2.24, 2.45) is 5.10 Å². The first kappa shape index (κ1) is 18.3. The molecule has 24 heavy (non-hydrogen) atoms. The topological polar surface area (TPSA) is 61.7 Å². The van der Waals surface area contributed by atoms with Gasteiger partial charge in [0, 0.05) is 10.6 Å². The molecule has 126 valence electrons. The molecule has 0 spiro atoms. The van der Waals surface area contributed by atoms with Crippen molar-refractivity contribution in [1.82, 2.24) is 5.43 Å². The number of hydrogen-bond donors (Lipinski definition) is 2. The Balaban J connectivity index is 2.21. The number of phenolic OH excluding ortho intramolecular Hbond substituents is 1. The zero-order valence-electron chi connectivity index (χ0n) is 11.7. The molecule has 9 heteroatoms. The molecule has 0 aliphatic rings. The standard InChI is InChI=1S/C15H9BrClF3N2O2/c16-12-6-9(17)5-8(13(12)23)7-21-22-14(24)10-3-1-2-4-11(10)15(18,19)20/h1-7,23H,(H,22,24)/b21-7+. The van der Waals surface area contributed by atoms with Gasteiger partial charge in [-0.2, -0.15) is 18.3 Å². The average molecular weight is 422 g/mol. The van der Waals surface area contributed by atoms with Crippen LogP contribution < -0.4 is 5.43 Å². The van der Waals surface area contributed by atoms with Crippen LogP contribution in [0.2, 0.25) is 5.02 Å². The summed E-state index contributed by atoms with van der Waals surface area (Å²) in [7, 11) is 0. The van der Waals surface area contributed by atoms with Crippen LogP contribution in [0, 0.1) is 0 Å². The van der Waals surface area contributed by atoms with Crippen LogP contribution in [0.15, 0.2) is 46.0 Å². The molecule has 2 aromatic carbocycles. The molecule has 1 amide bonds. The van der Waals surface area contributed by atoms with Crippen LogP contribution in [-0.4, -0.2) is 17.2 Å². The van der Waals surface area contributed by atoms with Gasteiger partial charge in [-0.25, -0.2) is 5.43 Å². The predicted octanol–water partition coefficient (Wildman–Crippen LogP) is 4.59. The maximum Gasteiger partial charge on any atom is 0.417 e. The predicted molar refractivity (Wildman–Crippen MR) is 87.3 cm³/mol. The van der Waals surface area contributed by atoms with E-state index in [1.807, 2.05) is 5.43 Å². The van der Waals surface area contributed by atoms with E-state index >= 15 is 0 Å². The lowest BCUT2D eigenvalue weighted by atomic mass is 10.1. The molecule has 0 heterocycles. The van der Waals surface area contributed by atoms with Crippen molar-refractivity contribution < 1.29 is 23.1 Å². The van der Waals surface area contributed by atoms with Gasteiger partial charge in [0.2, 0.25) is 0 Å². The van der Waals surface area contributed by atoms with Crippen LogP contribution in [0.4, 0.5) is 13.2 Å². The average Bonchev–Trinajstić information content (AvgIpc) is 2.51. The van der Waals surface area contributed by atoms with Crippen LogP contribution >= 0.6 is 27.5 Å². The third-order valence-corrected chi connectivity index (χ3v) is 3.73. The number of hydrazone groups is 1. The molecule has 0 unspecified atom stereocenters. The molecule has 0 aromatic heterocycles. The Labute approximate surface area is 148 Å². The molecule has 4 nitrogen and oxygen atoms in total. The van der Waals surface area contributed by atoms with E-state index in [0.29, 0.717) is 9.50 Å². The van der Waals surface area contributed by atoms with Gasteiger partial charge in [-0.15, -0.1) is 0 Å². The molecule has 0 saturated carbocycles. The summed E-state index contributed by atoms with van der Waals surface area (Å²) < 4.78 is 38.9. The Bertz CT molecular complexity index is 810. The maximum absolute atomic E-state index is 12.9. The summed E-state index contributed by atoms with van der Waals surface area (Å²) in [6, 6.07) is 7.17. The number of halogens is 5. The zero-order valence-corrected chi connectivity index (χ0v) is 14.1. The van der Waals surface area contributed by atoms with Crippen LogP contribution in [0.3, 0.4) is 0 Å². The maximum atomic E-state index is 12.9. The smallest absolute Gasteiger partial charge is 0.417 e. The molecule has 0 radical (unpaired) electrons. The lowest BCUT2D eigenvalue weighted by Crippen LogP contribution is -2.22. The fraction of sp³-hybridized carbons (Fsp3) is 0.0667. The minimum atomic E-state index is -4.66. The number of hydrogen-bond acceptors (Lipinski definition) is 3. The van der Waals surface area contributed by atoms with Gasteiger partial charge in [-0.3, -0.25) is 4.79 Å². The molecule has 0 fully saturated rings. The summed E-state index contributed by atoms with van der Waals surface area (Å²) in [5.41, 5.74) is 0.546. The molecule has 2 aromatic rings. The Kier molecular flexibility index (Phi) is 5.51. The molecule has 0 saturated heterocycles. The minimum absolute atomic E-state index is 0.173. The lowest BCUT2D eigenvalue weighted by molar-refractivity contribution is -0.137.